The molecular formula is C15H23F2NO. The SMILES string of the molecule is CNC(CCCC(C)C)c1ccccc1OC(F)F. The minimum atomic E-state index is -2.78. The average molecular weight is 271 g/mol. The summed E-state index contributed by atoms with van der Waals surface area (Å²) >= 11 is 0. The first-order valence-corrected chi connectivity index (χ1v) is 6.75. The highest BCUT2D eigenvalue weighted by molar-refractivity contribution is 5.35. The fraction of sp³-hybridized carbons (Fsp3) is 0.600. The van der Waals surface area contributed by atoms with Crippen LogP contribution in [0.5, 0.6) is 5.75 Å². The Kier molecular flexibility index (Phi) is 6.78. The Morgan fingerprint density at radius 2 is 1.84 bits per heavy atom. The van der Waals surface area contributed by atoms with Gasteiger partial charge in [-0.05, 0) is 25.5 Å². The Hall–Kier alpha value is -1.16. The summed E-state index contributed by atoms with van der Waals surface area (Å²) in [5.74, 6) is 0.923. The summed E-state index contributed by atoms with van der Waals surface area (Å²) < 4.78 is 29.3. The Balaban J connectivity index is 2.73. The normalized spacial score (nSPS) is 13.0. The lowest BCUT2D eigenvalue weighted by Gasteiger charge is -2.20. The topological polar surface area (TPSA) is 21.3 Å². The van der Waals surface area contributed by atoms with Gasteiger partial charge in [-0.2, -0.15) is 8.78 Å². The summed E-state index contributed by atoms with van der Waals surface area (Å²) in [5, 5.41) is 3.18. The molecule has 1 aromatic rings. The third-order valence-corrected chi connectivity index (χ3v) is 3.13. The number of nitrogens with one attached hydrogen (secondary N) is 1. The molecule has 0 radical (unpaired) electrons. The third-order valence-electron chi connectivity index (χ3n) is 3.13. The van der Waals surface area contributed by atoms with E-state index in [1.165, 1.54) is 0 Å². The first-order chi connectivity index (χ1) is 9.04. The fourth-order valence-electron chi connectivity index (χ4n) is 2.16. The summed E-state index contributed by atoms with van der Waals surface area (Å²) in [7, 11) is 1.85. The molecule has 0 fully saturated rings. The molecular weight excluding hydrogens is 248 g/mol. The van der Waals surface area contributed by atoms with Gasteiger partial charge in [-0.15, -0.1) is 0 Å². The Labute approximate surface area is 114 Å². The van der Waals surface area contributed by atoms with Gasteiger partial charge in [0.05, 0.1) is 0 Å². The molecule has 1 rings (SSSR count). The summed E-state index contributed by atoms with van der Waals surface area (Å²) in [5.41, 5.74) is 0.800. The molecule has 0 saturated carbocycles. The summed E-state index contributed by atoms with van der Waals surface area (Å²) in [6, 6.07) is 7.04. The third kappa shape index (κ3) is 5.55. The zero-order valence-corrected chi connectivity index (χ0v) is 11.8. The van der Waals surface area contributed by atoms with Crippen molar-refractivity contribution in [2.45, 2.75) is 45.8 Å². The molecule has 0 spiro atoms. The van der Waals surface area contributed by atoms with Crippen molar-refractivity contribution in [2.75, 3.05) is 7.05 Å². The predicted octanol–water partition coefficient (Wildman–Crippen LogP) is 4.37. The van der Waals surface area contributed by atoms with Crippen LogP contribution in [0.1, 0.15) is 44.7 Å². The Bertz CT molecular complexity index is 369. The zero-order chi connectivity index (χ0) is 14.3. The molecule has 4 heteroatoms. The molecule has 0 heterocycles. The molecule has 1 unspecified atom stereocenters. The first-order valence-electron chi connectivity index (χ1n) is 6.75. The van der Waals surface area contributed by atoms with Gasteiger partial charge in [-0.1, -0.05) is 44.9 Å². The maximum atomic E-state index is 12.4. The van der Waals surface area contributed by atoms with E-state index < -0.39 is 6.61 Å². The highest BCUT2D eigenvalue weighted by atomic mass is 19.3. The van der Waals surface area contributed by atoms with Crippen molar-refractivity contribution in [1.82, 2.24) is 5.32 Å². The quantitative estimate of drug-likeness (QED) is 0.758. The standard InChI is InChI=1S/C15H23F2NO/c1-11(2)7-6-9-13(18-3)12-8-4-5-10-14(12)19-15(16)17/h4-5,8,10-11,13,15,18H,6-7,9H2,1-3H3. The molecule has 0 aliphatic carbocycles. The minimum Gasteiger partial charge on any atom is -0.434 e. The molecule has 0 saturated heterocycles. The van der Waals surface area contributed by atoms with Crippen molar-refractivity contribution in [3.8, 4) is 5.75 Å². The van der Waals surface area contributed by atoms with Gasteiger partial charge in [0, 0.05) is 11.6 Å². The summed E-state index contributed by atoms with van der Waals surface area (Å²) in [4.78, 5) is 0. The van der Waals surface area contributed by atoms with E-state index in [4.69, 9.17) is 0 Å². The number of rotatable bonds is 8. The van der Waals surface area contributed by atoms with Crippen molar-refractivity contribution in [3.05, 3.63) is 29.8 Å². The van der Waals surface area contributed by atoms with Crippen molar-refractivity contribution in [2.24, 2.45) is 5.92 Å². The van der Waals surface area contributed by atoms with Gasteiger partial charge in [0.2, 0.25) is 0 Å². The van der Waals surface area contributed by atoms with Crippen LogP contribution in [-0.4, -0.2) is 13.7 Å². The second-order valence-corrected chi connectivity index (χ2v) is 5.08. The monoisotopic (exact) mass is 271 g/mol. The summed E-state index contributed by atoms with van der Waals surface area (Å²) in [6.07, 6.45) is 3.11. The minimum absolute atomic E-state index is 0.0497. The van der Waals surface area contributed by atoms with Crippen LogP contribution in [-0.2, 0) is 0 Å². The van der Waals surface area contributed by atoms with E-state index in [0.29, 0.717) is 5.92 Å². The van der Waals surface area contributed by atoms with Gasteiger partial charge in [0.1, 0.15) is 5.75 Å². The highest BCUT2D eigenvalue weighted by Gasteiger charge is 2.16. The van der Waals surface area contributed by atoms with Crippen LogP contribution >= 0.6 is 0 Å². The lowest BCUT2D eigenvalue weighted by atomic mass is 9.97. The van der Waals surface area contributed by atoms with Gasteiger partial charge in [-0.25, -0.2) is 0 Å². The molecule has 0 aliphatic rings. The molecule has 0 bridgehead atoms. The van der Waals surface area contributed by atoms with Crippen LogP contribution in [0.4, 0.5) is 8.78 Å². The van der Waals surface area contributed by atoms with Crippen LogP contribution in [0, 0.1) is 5.92 Å². The van der Waals surface area contributed by atoms with E-state index in [2.05, 4.69) is 23.9 Å². The van der Waals surface area contributed by atoms with Crippen LogP contribution in [0.2, 0.25) is 0 Å². The van der Waals surface area contributed by atoms with Crippen LogP contribution in [0.15, 0.2) is 24.3 Å². The average Bonchev–Trinajstić information content (AvgIpc) is 2.35. The van der Waals surface area contributed by atoms with Gasteiger partial charge in [-0.3, -0.25) is 0 Å². The number of hydrogen-bond acceptors (Lipinski definition) is 2. The predicted molar refractivity (Wildman–Crippen MR) is 73.6 cm³/mol. The Morgan fingerprint density at radius 3 is 2.42 bits per heavy atom. The second-order valence-electron chi connectivity index (χ2n) is 5.08. The van der Waals surface area contributed by atoms with Crippen LogP contribution in [0.25, 0.3) is 0 Å². The smallest absolute Gasteiger partial charge is 0.387 e. The maximum Gasteiger partial charge on any atom is 0.387 e. The number of ether oxygens (including phenoxy) is 1. The van der Waals surface area contributed by atoms with E-state index in [9.17, 15) is 8.78 Å². The molecule has 0 aromatic heterocycles. The number of hydrogen-bond donors (Lipinski definition) is 1. The second kappa shape index (κ2) is 8.10. The Morgan fingerprint density at radius 1 is 1.16 bits per heavy atom. The van der Waals surface area contributed by atoms with E-state index in [-0.39, 0.29) is 11.8 Å². The number of para-hydroxylation sites is 1. The van der Waals surface area contributed by atoms with Gasteiger partial charge < -0.3 is 10.1 Å². The highest BCUT2D eigenvalue weighted by Crippen LogP contribution is 2.29. The fourth-order valence-corrected chi connectivity index (χ4v) is 2.16. The zero-order valence-electron chi connectivity index (χ0n) is 11.8. The van der Waals surface area contributed by atoms with Crippen molar-refractivity contribution in [3.63, 3.8) is 0 Å². The number of halogens is 2. The van der Waals surface area contributed by atoms with Crippen molar-refractivity contribution >= 4 is 0 Å². The van der Waals surface area contributed by atoms with Crippen molar-refractivity contribution < 1.29 is 13.5 Å². The van der Waals surface area contributed by atoms with Crippen LogP contribution < -0.4 is 10.1 Å². The lowest BCUT2D eigenvalue weighted by molar-refractivity contribution is -0.0507. The molecule has 1 atom stereocenters. The number of benzene rings is 1. The van der Waals surface area contributed by atoms with Gasteiger partial charge in [0.25, 0.3) is 0 Å². The molecule has 19 heavy (non-hydrogen) atoms. The van der Waals surface area contributed by atoms with E-state index >= 15 is 0 Å². The first kappa shape index (κ1) is 15.9. The molecule has 2 nitrogen and oxygen atoms in total. The van der Waals surface area contributed by atoms with E-state index in [1.807, 2.05) is 19.2 Å². The molecule has 0 amide bonds. The summed E-state index contributed by atoms with van der Waals surface area (Å²) in [6.45, 7) is 1.58. The van der Waals surface area contributed by atoms with E-state index in [1.54, 1.807) is 12.1 Å². The van der Waals surface area contributed by atoms with Gasteiger partial charge >= 0.3 is 6.61 Å². The molecule has 1 N–H and O–H groups in total. The van der Waals surface area contributed by atoms with Crippen molar-refractivity contribution in [1.29, 1.82) is 0 Å². The lowest BCUT2D eigenvalue weighted by Crippen LogP contribution is -2.18. The number of alkyl halides is 2. The largest absolute Gasteiger partial charge is 0.434 e. The molecule has 1 aromatic carbocycles. The molecule has 0 aliphatic heterocycles. The van der Waals surface area contributed by atoms with Gasteiger partial charge in [0.15, 0.2) is 0 Å². The van der Waals surface area contributed by atoms with E-state index in [0.717, 1.165) is 24.8 Å². The molecule has 108 valence electrons. The van der Waals surface area contributed by atoms with Crippen LogP contribution in [0.3, 0.4) is 0 Å². The maximum absolute atomic E-state index is 12.4.